The minimum Gasteiger partial charge on any atom is -0.355 e. The minimum atomic E-state index is 0.635. The predicted molar refractivity (Wildman–Crippen MR) is 70.4 cm³/mol. The van der Waals surface area contributed by atoms with Gasteiger partial charge in [0.05, 0.1) is 0 Å². The van der Waals surface area contributed by atoms with Crippen molar-refractivity contribution in [3.8, 4) is 0 Å². The zero-order valence-corrected chi connectivity index (χ0v) is 11.0. The summed E-state index contributed by atoms with van der Waals surface area (Å²) in [5.74, 6) is 1.19. The lowest BCUT2D eigenvalue weighted by Crippen LogP contribution is -2.36. The second-order valence-electron chi connectivity index (χ2n) is 4.81. The van der Waals surface area contributed by atoms with Gasteiger partial charge >= 0.3 is 0 Å². The van der Waals surface area contributed by atoms with Crippen LogP contribution in [0.3, 0.4) is 0 Å². The van der Waals surface area contributed by atoms with Gasteiger partial charge in [-0.15, -0.1) is 0 Å². The second kappa shape index (κ2) is 4.36. The number of halogens is 1. The zero-order chi connectivity index (χ0) is 11.0. The number of rotatable bonds is 1. The molecule has 3 rings (SSSR count). The average molecular weight is 281 g/mol. The summed E-state index contributed by atoms with van der Waals surface area (Å²) in [6.45, 7) is 2.26. The van der Waals surface area contributed by atoms with Crippen LogP contribution >= 0.6 is 15.9 Å². The van der Waals surface area contributed by atoms with Gasteiger partial charge in [0.15, 0.2) is 0 Å². The highest BCUT2D eigenvalue weighted by molar-refractivity contribution is 9.09. The monoisotopic (exact) mass is 280 g/mol. The van der Waals surface area contributed by atoms with E-state index in [-0.39, 0.29) is 0 Å². The molecule has 0 bridgehead atoms. The molecule has 2 nitrogen and oxygen atoms in total. The molecule has 0 radical (unpaired) electrons. The SMILES string of the molecule is BrC1CCCN(c2ccc3c(n2)CCC3)C1. The molecule has 86 valence electrons. The molecule has 1 aromatic rings. The standard InChI is InChI=1S/C13H17BrN2/c14-11-4-2-8-16(9-11)13-7-6-10-3-1-5-12(10)15-13/h6-7,11H,1-5,8-9H2. The van der Waals surface area contributed by atoms with Crippen LogP contribution in [0.4, 0.5) is 5.82 Å². The lowest BCUT2D eigenvalue weighted by atomic mass is 10.1. The van der Waals surface area contributed by atoms with E-state index < -0.39 is 0 Å². The molecular formula is C13H17BrN2. The fraction of sp³-hybridized carbons (Fsp3) is 0.615. The Morgan fingerprint density at radius 1 is 1.25 bits per heavy atom. The maximum Gasteiger partial charge on any atom is 0.128 e. The van der Waals surface area contributed by atoms with Crippen LogP contribution in [0.1, 0.15) is 30.5 Å². The summed E-state index contributed by atoms with van der Waals surface area (Å²) in [6.07, 6.45) is 6.25. The summed E-state index contributed by atoms with van der Waals surface area (Å²) in [5, 5.41) is 0. The highest BCUT2D eigenvalue weighted by Crippen LogP contribution is 2.26. The number of aryl methyl sites for hydroxylation is 2. The summed E-state index contributed by atoms with van der Waals surface area (Å²) < 4.78 is 0. The van der Waals surface area contributed by atoms with Gasteiger partial charge in [-0.05, 0) is 43.7 Å². The molecular weight excluding hydrogens is 264 g/mol. The first-order valence-corrected chi connectivity index (χ1v) is 7.12. The number of hydrogen-bond donors (Lipinski definition) is 0. The van der Waals surface area contributed by atoms with Gasteiger partial charge in [-0.2, -0.15) is 0 Å². The summed E-state index contributed by atoms with van der Waals surface area (Å²) in [6, 6.07) is 4.48. The smallest absolute Gasteiger partial charge is 0.128 e. The minimum absolute atomic E-state index is 0.635. The van der Waals surface area contributed by atoms with Crippen molar-refractivity contribution in [3.63, 3.8) is 0 Å². The molecule has 0 spiro atoms. The third-order valence-electron chi connectivity index (χ3n) is 3.60. The van der Waals surface area contributed by atoms with Gasteiger partial charge in [0, 0.05) is 23.6 Å². The molecule has 1 atom stereocenters. The molecule has 16 heavy (non-hydrogen) atoms. The predicted octanol–water partition coefficient (Wildman–Crippen LogP) is 2.93. The summed E-state index contributed by atoms with van der Waals surface area (Å²) >= 11 is 3.72. The van der Waals surface area contributed by atoms with Crippen LogP contribution in [0.2, 0.25) is 0 Å². The Labute approximate surface area is 105 Å². The molecule has 0 saturated carbocycles. The Kier molecular flexibility index (Phi) is 2.88. The van der Waals surface area contributed by atoms with Crippen molar-refractivity contribution in [2.45, 2.75) is 36.9 Å². The Morgan fingerprint density at radius 3 is 3.06 bits per heavy atom. The van der Waals surface area contributed by atoms with Gasteiger partial charge in [0.2, 0.25) is 0 Å². The van der Waals surface area contributed by atoms with Crippen LogP contribution in [0.15, 0.2) is 12.1 Å². The average Bonchev–Trinajstić information content (AvgIpc) is 2.75. The number of fused-ring (bicyclic) bond motifs is 1. The maximum absolute atomic E-state index is 4.82. The maximum atomic E-state index is 4.82. The van der Waals surface area contributed by atoms with Crippen LogP contribution in [0, 0.1) is 0 Å². The lowest BCUT2D eigenvalue weighted by molar-refractivity contribution is 0.590. The van der Waals surface area contributed by atoms with Gasteiger partial charge in [0.1, 0.15) is 5.82 Å². The van der Waals surface area contributed by atoms with Crippen LogP contribution in [0.25, 0.3) is 0 Å². The normalized spacial score (nSPS) is 24.6. The molecule has 0 aromatic carbocycles. The van der Waals surface area contributed by atoms with Gasteiger partial charge in [-0.25, -0.2) is 4.98 Å². The van der Waals surface area contributed by atoms with E-state index in [2.05, 4.69) is 33.0 Å². The molecule has 3 heteroatoms. The Hall–Kier alpha value is -0.570. The largest absolute Gasteiger partial charge is 0.355 e. The topological polar surface area (TPSA) is 16.1 Å². The highest BCUT2D eigenvalue weighted by atomic mass is 79.9. The van der Waals surface area contributed by atoms with Gasteiger partial charge < -0.3 is 4.90 Å². The van der Waals surface area contributed by atoms with E-state index in [0.29, 0.717) is 4.83 Å². The Balaban J connectivity index is 1.83. The van der Waals surface area contributed by atoms with E-state index in [1.165, 1.54) is 49.2 Å². The summed E-state index contributed by atoms with van der Waals surface area (Å²) in [4.78, 5) is 7.87. The quantitative estimate of drug-likeness (QED) is 0.736. The first kappa shape index (κ1) is 10.6. The van der Waals surface area contributed by atoms with E-state index in [0.717, 1.165) is 13.1 Å². The van der Waals surface area contributed by atoms with E-state index in [1.807, 2.05) is 0 Å². The number of anilines is 1. The number of aromatic nitrogens is 1. The van der Waals surface area contributed by atoms with Gasteiger partial charge in [-0.3, -0.25) is 0 Å². The van der Waals surface area contributed by atoms with Crippen LogP contribution in [0.5, 0.6) is 0 Å². The molecule has 1 aromatic heterocycles. The fourth-order valence-electron chi connectivity index (χ4n) is 2.72. The van der Waals surface area contributed by atoms with Crippen molar-refractivity contribution in [1.29, 1.82) is 0 Å². The molecule has 1 aliphatic carbocycles. The van der Waals surface area contributed by atoms with Crippen molar-refractivity contribution in [3.05, 3.63) is 23.4 Å². The van der Waals surface area contributed by atoms with E-state index >= 15 is 0 Å². The van der Waals surface area contributed by atoms with Crippen molar-refractivity contribution >= 4 is 21.7 Å². The third-order valence-corrected chi connectivity index (χ3v) is 4.35. The number of pyridine rings is 1. The van der Waals surface area contributed by atoms with Crippen molar-refractivity contribution in [2.75, 3.05) is 18.0 Å². The van der Waals surface area contributed by atoms with E-state index in [1.54, 1.807) is 0 Å². The highest BCUT2D eigenvalue weighted by Gasteiger charge is 2.20. The first-order valence-electron chi connectivity index (χ1n) is 6.21. The molecule has 1 saturated heterocycles. The number of hydrogen-bond acceptors (Lipinski definition) is 2. The molecule has 1 aliphatic heterocycles. The van der Waals surface area contributed by atoms with E-state index in [4.69, 9.17) is 4.98 Å². The molecule has 1 unspecified atom stereocenters. The number of alkyl halides is 1. The number of piperidine rings is 1. The molecule has 0 N–H and O–H groups in total. The van der Waals surface area contributed by atoms with Crippen LogP contribution in [-0.4, -0.2) is 22.9 Å². The Bertz CT molecular complexity index is 392. The number of nitrogens with zero attached hydrogens (tertiary/aromatic N) is 2. The second-order valence-corrected chi connectivity index (χ2v) is 6.11. The van der Waals surface area contributed by atoms with Crippen molar-refractivity contribution < 1.29 is 0 Å². The van der Waals surface area contributed by atoms with Crippen LogP contribution < -0.4 is 4.90 Å². The first-order chi connectivity index (χ1) is 7.83. The Morgan fingerprint density at radius 2 is 2.19 bits per heavy atom. The molecule has 1 fully saturated rings. The van der Waals surface area contributed by atoms with E-state index in [9.17, 15) is 0 Å². The lowest BCUT2D eigenvalue weighted by Gasteiger charge is -2.31. The van der Waals surface area contributed by atoms with Crippen LogP contribution in [-0.2, 0) is 12.8 Å². The van der Waals surface area contributed by atoms with Gasteiger partial charge in [0.25, 0.3) is 0 Å². The summed E-state index contributed by atoms with van der Waals surface area (Å²) in [7, 11) is 0. The molecule has 0 amide bonds. The zero-order valence-electron chi connectivity index (χ0n) is 9.45. The van der Waals surface area contributed by atoms with Gasteiger partial charge in [-0.1, -0.05) is 22.0 Å². The fourth-order valence-corrected chi connectivity index (χ4v) is 3.39. The van der Waals surface area contributed by atoms with Crippen molar-refractivity contribution in [2.24, 2.45) is 0 Å². The molecule has 2 heterocycles. The summed E-state index contributed by atoms with van der Waals surface area (Å²) in [5.41, 5.74) is 2.81. The molecule has 2 aliphatic rings. The van der Waals surface area contributed by atoms with Crippen molar-refractivity contribution in [1.82, 2.24) is 4.98 Å². The third kappa shape index (κ3) is 1.97.